The molecule has 206 valence electrons. The van der Waals surface area contributed by atoms with Crippen molar-refractivity contribution in [2.24, 2.45) is 5.41 Å². The number of rotatable bonds is 9. The molecule has 1 heterocycles. The van der Waals surface area contributed by atoms with Gasteiger partial charge in [0.25, 0.3) is 0 Å². The Hall–Kier alpha value is -2.09. The van der Waals surface area contributed by atoms with Gasteiger partial charge in [-0.25, -0.2) is 8.42 Å². The van der Waals surface area contributed by atoms with Crippen LogP contribution in [0.4, 0.5) is 0 Å². The van der Waals surface area contributed by atoms with E-state index in [0.29, 0.717) is 29.3 Å². The zero-order valence-electron chi connectivity index (χ0n) is 21.8. The molecule has 2 aromatic carbocycles. The predicted molar refractivity (Wildman–Crippen MR) is 150 cm³/mol. The Kier molecular flexibility index (Phi) is 8.80. The smallest absolute Gasteiger partial charge is 0.304 e. The van der Waals surface area contributed by atoms with E-state index in [-0.39, 0.29) is 35.7 Å². The zero-order valence-corrected chi connectivity index (χ0v) is 24.1. The first-order chi connectivity index (χ1) is 17.9. The van der Waals surface area contributed by atoms with Crippen molar-refractivity contribution in [1.82, 2.24) is 4.90 Å². The SMILES string of the molecule is CC[C@@H](CS(=O)(=O)C1CCCC1)N1C(=O)[C@@](C)(CC(=O)O)CC(c2cccc(Cl)c2)[C@H]1c1ccc(Cl)cc1. The van der Waals surface area contributed by atoms with Crippen LogP contribution in [0.5, 0.6) is 0 Å². The molecule has 0 aromatic heterocycles. The maximum atomic E-state index is 14.3. The van der Waals surface area contributed by atoms with Gasteiger partial charge < -0.3 is 10.0 Å². The van der Waals surface area contributed by atoms with Gasteiger partial charge in [-0.05, 0) is 61.1 Å². The third kappa shape index (κ3) is 6.05. The molecule has 1 aliphatic carbocycles. The van der Waals surface area contributed by atoms with Gasteiger partial charge in [0.05, 0.1) is 28.9 Å². The molecule has 2 fully saturated rings. The fourth-order valence-corrected chi connectivity index (χ4v) is 8.91. The van der Waals surface area contributed by atoms with Gasteiger partial charge in [0.1, 0.15) is 0 Å². The molecule has 1 N–H and O–H groups in total. The fraction of sp³-hybridized carbons (Fsp3) is 0.517. The largest absolute Gasteiger partial charge is 0.481 e. The van der Waals surface area contributed by atoms with Crippen LogP contribution in [0.25, 0.3) is 0 Å². The van der Waals surface area contributed by atoms with E-state index in [2.05, 4.69) is 0 Å². The summed E-state index contributed by atoms with van der Waals surface area (Å²) in [5.41, 5.74) is 0.480. The summed E-state index contributed by atoms with van der Waals surface area (Å²) in [5, 5.41) is 10.5. The molecule has 1 unspecified atom stereocenters. The number of carboxylic acid groups (broad SMARTS) is 1. The number of amides is 1. The first kappa shape index (κ1) is 28.9. The molecule has 1 saturated heterocycles. The summed E-state index contributed by atoms with van der Waals surface area (Å²) < 4.78 is 27.0. The molecule has 0 radical (unpaired) electrons. The second-order valence-corrected chi connectivity index (χ2v) is 14.2. The van der Waals surface area contributed by atoms with E-state index < -0.39 is 33.3 Å². The van der Waals surface area contributed by atoms with E-state index in [9.17, 15) is 23.1 Å². The highest BCUT2D eigenvalue weighted by Gasteiger charge is 2.53. The average Bonchev–Trinajstić information content (AvgIpc) is 3.41. The third-order valence-corrected chi connectivity index (χ3v) is 11.1. The first-order valence-electron chi connectivity index (χ1n) is 13.2. The molecular formula is C29H35Cl2NO5S. The number of sulfone groups is 1. The molecular weight excluding hydrogens is 545 g/mol. The van der Waals surface area contributed by atoms with Crippen molar-refractivity contribution in [3.8, 4) is 0 Å². The lowest BCUT2D eigenvalue weighted by Crippen LogP contribution is -2.57. The lowest BCUT2D eigenvalue weighted by Gasteiger charge is -2.52. The second-order valence-electron chi connectivity index (χ2n) is 11.0. The average molecular weight is 581 g/mol. The number of hydrogen-bond donors (Lipinski definition) is 1. The van der Waals surface area contributed by atoms with Crippen LogP contribution in [-0.2, 0) is 19.4 Å². The van der Waals surface area contributed by atoms with Crippen molar-refractivity contribution in [3.05, 3.63) is 69.7 Å². The summed E-state index contributed by atoms with van der Waals surface area (Å²) in [6, 6.07) is 13.5. The van der Waals surface area contributed by atoms with Gasteiger partial charge in [-0.15, -0.1) is 0 Å². The maximum Gasteiger partial charge on any atom is 0.304 e. The molecule has 38 heavy (non-hydrogen) atoms. The summed E-state index contributed by atoms with van der Waals surface area (Å²) in [5.74, 6) is -1.84. The standard InChI is InChI=1S/C29H35Cl2NO5S/c1-3-23(18-38(36,37)24-9-4-5-10-24)32-27(19-11-13-21(30)14-12-19)25(20-7-6-8-22(31)15-20)16-29(2,28(32)35)17-26(33)34/h6-8,11-15,23-25,27H,3-5,9-10,16-18H2,1-2H3,(H,33,34)/t23-,25?,27+,29+/m0/s1. The minimum absolute atomic E-state index is 0.143. The molecule has 0 spiro atoms. The quantitative estimate of drug-likeness (QED) is 0.358. The van der Waals surface area contributed by atoms with Crippen molar-refractivity contribution in [2.45, 2.75) is 82.0 Å². The minimum Gasteiger partial charge on any atom is -0.481 e. The monoisotopic (exact) mass is 579 g/mol. The van der Waals surface area contributed by atoms with Crippen LogP contribution in [-0.4, -0.2) is 47.3 Å². The molecule has 4 atom stereocenters. The van der Waals surface area contributed by atoms with Crippen LogP contribution in [0.2, 0.25) is 10.0 Å². The number of aliphatic carboxylic acids is 1. The molecule has 1 saturated carbocycles. The Morgan fingerprint density at radius 1 is 1.08 bits per heavy atom. The summed E-state index contributed by atoms with van der Waals surface area (Å²) in [4.78, 5) is 27.9. The number of carboxylic acids is 1. The van der Waals surface area contributed by atoms with Crippen molar-refractivity contribution in [1.29, 1.82) is 0 Å². The van der Waals surface area contributed by atoms with Crippen LogP contribution in [0.1, 0.15) is 81.9 Å². The predicted octanol–water partition coefficient (Wildman–Crippen LogP) is 6.67. The number of piperidine rings is 1. The Morgan fingerprint density at radius 2 is 1.74 bits per heavy atom. The molecule has 1 amide bonds. The van der Waals surface area contributed by atoms with E-state index in [1.165, 1.54) is 0 Å². The molecule has 0 bridgehead atoms. The zero-order chi connectivity index (χ0) is 27.7. The molecule has 4 rings (SSSR count). The van der Waals surface area contributed by atoms with Gasteiger partial charge in [0, 0.05) is 22.0 Å². The van der Waals surface area contributed by atoms with E-state index in [1.54, 1.807) is 30.0 Å². The maximum absolute atomic E-state index is 14.3. The van der Waals surface area contributed by atoms with Crippen LogP contribution in [0.3, 0.4) is 0 Å². The Bertz CT molecular complexity index is 1280. The molecule has 2 aliphatic rings. The summed E-state index contributed by atoms with van der Waals surface area (Å²) in [7, 11) is -3.46. The van der Waals surface area contributed by atoms with Crippen molar-refractivity contribution in [3.63, 3.8) is 0 Å². The first-order valence-corrected chi connectivity index (χ1v) is 15.7. The summed E-state index contributed by atoms with van der Waals surface area (Å²) in [6.07, 6.45) is 3.44. The van der Waals surface area contributed by atoms with Gasteiger partial charge in [-0.2, -0.15) is 0 Å². The number of carbonyl (C=O) groups excluding carboxylic acids is 1. The normalized spacial score (nSPS) is 25.5. The lowest BCUT2D eigenvalue weighted by atomic mass is 9.67. The minimum atomic E-state index is -3.46. The Labute approximate surface area is 235 Å². The fourth-order valence-electron chi connectivity index (χ4n) is 6.33. The molecule has 6 nitrogen and oxygen atoms in total. The Balaban J connectivity index is 1.87. The highest BCUT2D eigenvalue weighted by molar-refractivity contribution is 7.92. The summed E-state index contributed by atoms with van der Waals surface area (Å²) in [6.45, 7) is 3.57. The van der Waals surface area contributed by atoms with E-state index in [0.717, 1.165) is 24.0 Å². The second kappa shape index (κ2) is 11.6. The molecule has 2 aromatic rings. The Morgan fingerprint density at radius 3 is 2.32 bits per heavy atom. The number of carbonyl (C=O) groups is 2. The van der Waals surface area contributed by atoms with E-state index in [4.69, 9.17) is 23.2 Å². The van der Waals surface area contributed by atoms with Gasteiger partial charge in [0.2, 0.25) is 5.91 Å². The van der Waals surface area contributed by atoms with Crippen molar-refractivity contribution in [2.75, 3.05) is 5.75 Å². The topological polar surface area (TPSA) is 91.8 Å². The van der Waals surface area contributed by atoms with Crippen LogP contribution in [0.15, 0.2) is 48.5 Å². The lowest BCUT2D eigenvalue weighted by molar-refractivity contribution is -0.160. The number of likely N-dealkylation sites (tertiary alicyclic amines) is 1. The molecule has 1 aliphatic heterocycles. The van der Waals surface area contributed by atoms with Gasteiger partial charge >= 0.3 is 5.97 Å². The highest BCUT2D eigenvalue weighted by atomic mass is 35.5. The van der Waals surface area contributed by atoms with Crippen LogP contribution >= 0.6 is 23.2 Å². The molecule has 9 heteroatoms. The highest BCUT2D eigenvalue weighted by Crippen LogP contribution is 2.52. The van der Waals surface area contributed by atoms with E-state index in [1.807, 2.05) is 37.3 Å². The van der Waals surface area contributed by atoms with Gasteiger partial charge in [-0.3, -0.25) is 9.59 Å². The summed E-state index contributed by atoms with van der Waals surface area (Å²) >= 11 is 12.6. The van der Waals surface area contributed by atoms with Crippen molar-refractivity contribution >= 4 is 44.9 Å². The van der Waals surface area contributed by atoms with Gasteiger partial charge in [-0.1, -0.05) is 74.2 Å². The number of nitrogens with zero attached hydrogens (tertiary/aromatic N) is 1. The number of benzene rings is 2. The van der Waals surface area contributed by atoms with Crippen molar-refractivity contribution < 1.29 is 23.1 Å². The number of halogens is 2. The third-order valence-electron chi connectivity index (χ3n) is 8.23. The van der Waals surface area contributed by atoms with E-state index >= 15 is 0 Å². The van der Waals surface area contributed by atoms with Gasteiger partial charge in [0.15, 0.2) is 9.84 Å². The van der Waals surface area contributed by atoms with Crippen LogP contribution in [0, 0.1) is 5.41 Å². The van der Waals surface area contributed by atoms with Crippen LogP contribution < -0.4 is 0 Å². The number of hydrogen-bond acceptors (Lipinski definition) is 4.